The Kier molecular flexibility index (Phi) is 2.52. The van der Waals surface area contributed by atoms with Gasteiger partial charge in [0, 0.05) is 5.59 Å². The lowest BCUT2D eigenvalue weighted by molar-refractivity contribution is 0.0595. The lowest BCUT2D eigenvalue weighted by atomic mass is 9.87. The van der Waals surface area contributed by atoms with Gasteiger partial charge in [0.1, 0.15) is 5.69 Å². The lowest BCUT2D eigenvalue weighted by Crippen LogP contribution is -2.31. The second kappa shape index (κ2) is 3.42. The fourth-order valence-corrected chi connectivity index (χ4v) is 0.792. The summed E-state index contributed by atoms with van der Waals surface area (Å²) in [6, 6.07) is 2.82. The quantitative estimate of drug-likeness (QED) is 0.371. The average molecular weight is 169 g/mol. The van der Waals surface area contributed by atoms with E-state index in [4.69, 9.17) is 10.0 Å². The maximum Gasteiger partial charge on any atom is 0.505 e. The van der Waals surface area contributed by atoms with Crippen molar-refractivity contribution in [1.82, 2.24) is 4.98 Å². The second-order valence-electron chi connectivity index (χ2n) is 2.19. The SMILES string of the molecule is COC(=O)c1ccc(B(O)O)[nH]1. The van der Waals surface area contributed by atoms with Gasteiger partial charge >= 0.3 is 13.1 Å². The van der Waals surface area contributed by atoms with Crippen LogP contribution in [0.1, 0.15) is 10.5 Å². The van der Waals surface area contributed by atoms with Crippen LogP contribution < -0.4 is 5.59 Å². The van der Waals surface area contributed by atoms with Crippen molar-refractivity contribution in [2.75, 3.05) is 7.11 Å². The van der Waals surface area contributed by atoms with Gasteiger partial charge in [0.15, 0.2) is 0 Å². The van der Waals surface area contributed by atoms with Crippen molar-refractivity contribution in [3.63, 3.8) is 0 Å². The normalized spacial score (nSPS) is 9.58. The zero-order valence-corrected chi connectivity index (χ0v) is 6.44. The first kappa shape index (κ1) is 8.83. The van der Waals surface area contributed by atoms with Crippen LogP contribution in [-0.4, -0.2) is 35.2 Å². The number of hydrogen-bond donors (Lipinski definition) is 3. The molecule has 0 radical (unpaired) electrons. The number of hydrogen-bond acceptors (Lipinski definition) is 4. The number of nitrogens with one attached hydrogen (secondary N) is 1. The molecule has 0 saturated heterocycles. The minimum atomic E-state index is -1.59. The van der Waals surface area contributed by atoms with Crippen LogP contribution in [0.25, 0.3) is 0 Å². The van der Waals surface area contributed by atoms with Crippen LogP contribution in [0.15, 0.2) is 12.1 Å². The highest BCUT2D eigenvalue weighted by Gasteiger charge is 2.15. The summed E-state index contributed by atoms with van der Waals surface area (Å²) in [7, 11) is -0.346. The molecule has 0 atom stereocenters. The van der Waals surface area contributed by atoms with E-state index in [9.17, 15) is 4.79 Å². The number of carbonyl (C=O) groups excluding carboxylic acids is 1. The number of aromatic amines is 1. The minimum absolute atomic E-state index is 0.162. The molecule has 1 aromatic heterocycles. The number of methoxy groups -OCH3 is 1. The molecule has 0 amide bonds. The molecule has 0 fully saturated rings. The van der Waals surface area contributed by atoms with E-state index in [0.29, 0.717) is 0 Å². The molecule has 0 aliphatic rings. The van der Waals surface area contributed by atoms with E-state index in [0.717, 1.165) is 0 Å². The fraction of sp³-hybridized carbons (Fsp3) is 0.167. The van der Waals surface area contributed by atoms with Crippen LogP contribution >= 0.6 is 0 Å². The summed E-state index contributed by atoms with van der Waals surface area (Å²) in [6.07, 6.45) is 0. The van der Waals surface area contributed by atoms with Crippen molar-refractivity contribution in [3.05, 3.63) is 17.8 Å². The summed E-state index contributed by atoms with van der Waals surface area (Å²) in [5, 5.41) is 17.3. The van der Waals surface area contributed by atoms with Crippen LogP contribution in [0.3, 0.4) is 0 Å². The number of rotatable bonds is 2. The van der Waals surface area contributed by atoms with E-state index in [1.165, 1.54) is 19.2 Å². The second-order valence-corrected chi connectivity index (χ2v) is 2.19. The van der Waals surface area contributed by atoms with Crippen LogP contribution in [0.5, 0.6) is 0 Å². The highest BCUT2D eigenvalue weighted by molar-refractivity contribution is 6.57. The topological polar surface area (TPSA) is 82.6 Å². The molecule has 0 aromatic carbocycles. The van der Waals surface area contributed by atoms with Gasteiger partial charge in [-0.3, -0.25) is 0 Å². The molecular formula is C6H8BNO4. The molecule has 0 aliphatic carbocycles. The maximum atomic E-state index is 10.8. The first-order valence-electron chi connectivity index (χ1n) is 3.28. The number of carbonyl (C=O) groups is 1. The molecule has 6 heteroatoms. The largest absolute Gasteiger partial charge is 0.505 e. The Balaban J connectivity index is 2.84. The van der Waals surface area contributed by atoms with Crippen LogP contribution in [0.2, 0.25) is 0 Å². The highest BCUT2D eigenvalue weighted by atomic mass is 16.5. The molecule has 0 unspecified atom stereocenters. The minimum Gasteiger partial charge on any atom is -0.464 e. The predicted molar refractivity (Wildman–Crippen MR) is 42.0 cm³/mol. The van der Waals surface area contributed by atoms with Crippen LogP contribution in [0.4, 0.5) is 0 Å². The van der Waals surface area contributed by atoms with Crippen molar-refractivity contribution in [3.8, 4) is 0 Å². The van der Waals surface area contributed by atoms with E-state index < -0.39 is 13.1 Å². The Labute approximate surface area is 69.1 Å². The first-order valence-corrected chi connectivity index (χ1v) is 3.28. The van der Waals surface area contributed by atoms with Crippen molar-refractivity contribution in [1.29, 1.82) is 0 Å². The van der Waals surface area contributed by atoms with Gasteiger partial charge < -0.3 is 19.8 Å². The Morgan fingerprint density at radius 1 is 1.58 bits per heavy atom. The van der Waals surface area contributed by atoms with Gasteiger partial charge in [-0.2, -0.15) is 0 Å². The Bertz CT molecular complexity index is 283. The Morgan fingerprint density at radius 3 is 2.67 bits per heavy atom. The predicted octanol–water partition coefficient (Wildman–Crippen LogP) is -1.52. The lowest BCUT2D eigenvalue weighted by Gasteiger charge is -1.94. The van der Waals surface area contributed by atoms with Gasteiger partial charge in [0.25, 0.3) is 0 Å². The van der Waals surface area contributed by atoms with E-state index in [1.807, 2.05) is 0 Å². The van der Waals surface area contributed by atoms with E-state index >= 15 is 0 Å². The molecule has 3 N–H and O–H groups in total. The summed E-state index contributed by atoms with van der Waals surface area (Å²) < 4.78 is 4.40. The molecule has 1 aromatic rings. The number of H-pyrrole nitrogens is 1. The van der Waals surface area contributed by atoms with Crippen molar-refractivity contribution >= 4 is 18.7 Å². The Hall–Kier alpha value is -1.27. The number of aromatic nitrogens is 1. The first-order chi connectivity index (χ1) is 5.65. The summed E-state index contributed by atoms with van der Waals surface area (Å²) in [5.41, 5.74) is 0.357. The van der Waals surface area contributed by atoms with E-state index in [1.54, 1.807) is 0 Å². The van der Waals surface area contributed by atoms with Gasteiger partial charge in [-0.25, -0.2) is 4.79 Å². The number of esters is 1. The third-order valence-electron chi connectivity index (χ3n) is 1.39. The smallest absolute Gasteiger partial charge is 0.464 e. The zero-order chi connectivity index (χ0) is 9.14. The molecule has 64 valence electrons. The molecule has 0 saturated carbocycles. The summed E-state index contributed by atoms with van der Waals surface area (Å²) in [6.45, 7) is 0. The van der Waals surface area contributed by atoms with E-state index in [2.05, 4.69) is 9.72 Å². The molecule has 12 heavy (non-hydrogen) atoms. The molecule has 0 bridgehead atoms. The van der Waals surface area contributed by atoms with Gasteiger partial charge in [-0.15, -0.1) is 0 Å². The van der Waals surface area contributed by atoms with Gasteiger partial charge in [0.2, 0.25) is 0 Å². The van der Waals surface area contributed by atoms with E-state index in [-0.39, 0.29) is 11.3 Å². The van der Waals surface area contributed by atoms with Crippen molar-refractivity contribution < 1.29 is 19.6 Å². The highest BCUT2D eigenvalue weighted by Crippen LogP contribution is 1.94. The van der Waals surface area contributed by atoms with Crippen LogP contribution in [0, 0.1) is 0 Å². The average Bonchev–Trinajstić information content (AvgIpc) is 2.51. The van der Waals surface area contributed by atoms with Gasteiger partial charge in [-0.05, 0) is 12.1 Å². The summed E-state index contributed by atoms with van der Waals surface area (Å²) >= 11 is 0. The standard InChI is InChI=1S/C6H8BNO4/c1-12-6(9)4-2-3-5(8-4)7(10)11/h2-3,8,10-11H,1H3. The van der Waals surface area contributed by atoms with Crippen molar-refractivity contribution in [2.24, 2.45) is 0 Å². The zero-order valence-electron chi connectivity index (χ0n) is 6.44. The molecule has 0 aliphatic heterocycles. The van der Waals surface area contributed by atoms with Gasteiger partial charge in [-0.1, -0.05) is 0 Å². The molecule has 1 rings (SSSR count). The summed E-state index contributed by atoms with van der Waals surface area (Å²) in [4.78, 5) is 13.3. The monoisotopic (exact) mass is 169 g/mol. The van der Waals surface area contributed by atoms with Crippen molar-refractivity contribution in [2.45, 2.75) is 0 Å². The van der Waals surface area contributed by atoms with Crippen LogP contribution in [-0.2, 0) is 4.74 Å². The third-order valence-corrected chi connectivity index (χ3v) is 1.39. The summed E-state index contributed by atoms with van der Waals surface area (Å²) in [5.74, 6) is -0.540. The molecule has 5 nitrogen and oxygen atoms in total. The third kappa shape index (κ3) is 1.66. The molecule has 1 heterocycles. The Morgan fingerprint density at radius 2 is 2.25 bits per heavy atom. The maximum absolute atomic E-state index is 10.8. The molecular weight excluding hydrogens is 161 g/mol. The fourth-order valence-electron chi connectivity index (χ4n) is 0.792. The van der Waals surface area contributed by atoms with Gasteiger partial charge in [0.05, 0.1) is 7.11 Å². The molecule has 0 spiro atoms. The number of ether oxygens (including phenoxy) is 1.